The van der Waals surface area contributed by atoms with Gasteiger partial charge in [0.25, 0.3) is 10.1 Å². The maximum absolute atomic E-state index is 12.9. The largest absolute Gasteiger partial charge is 0.508 e. The Morgan fingerprint density at radius 3 is 1.86 bits per heavy atom. The second kappa shape index (κ2) is 7.87. The highest BCUT2D eigenvalue weighted by atomic mass is 35.5. The average molecular weight is 494 g/mol. The van der Waals surface area contributed by atoms with Gasteiger partial charge in [-0.05, 0) is 53.6 Å². The molecule has 0 bridgehead atoms. The molecule has 29 heavy (non-hydrogen) atoms. The molecule has 5 nitrogen and oxygen atoms in total. The molecule has 152 valence electrons. The van der Waals surface area contributed by atoms with Crippen LogP contribution >= 0.6 is 46.4 Å². The lowest BCUT2D eigenvalue weighted by Crippen LogP contribution is -2.38. The molecule has 3 rings (SSSR count). The molecule has 1 atom stereocenters. The second-order valence-corrected chi connectivity index (χ2v) is 9.34. The molecule has 3 N–H and O–H groups in total. The maximum Gasteiger partial charge on any atom is 0.283 e. The topological polar surface area (TPSA) is 94.8 Å². The number of hydrogen-bond donors (Lipinski definition) is 3. The van der Waals surface area contributed by atoms with Crippen molar-refractivity contribution in [3.8, 4) is 11.5 Å². The smallest absolute Gasteiger partial charge is 0.283 e. The fourth-order valence-electron chi connectivity index (χ4n) is 3.17. The third kappa shape index (κ3) is 3.77. The van der Waals surface area contributed by atoms with Crippen LogP contribution < -0.4 is 0 Å². The molecule has 3 aromatic rings. The lowest BCUT2D eigenvalue weighted by Gasteiger charge is -2.33. The van der Waals surface area contributed by atoms with Crippen molar-refractivity contribution in [2.75, 3.05) is 0 Å². The van der Waals surface area contributed by atoms with E-state index in [0.29, 0.717) is 5.02 Å². The van der Waals surface area contributed by atoms with Crippen LogP contribution in [0.15, 0.2) is 54.6 Å². The quantitative estimate of drug-likeness (QED) is 0.311. The first-order valence-electron chi connectivity index (χ1n) is 7.89. The van der Waals surface area contributed by atoms with E-state index < -0.39 is 26.4 Å². The van der Waals surface area contributed by atoms with Gasteiger partial charge in [0, 0.05) is 15.6 Å². The van der Waals surface area contributed by atoms with Gasteiger partial charge in [0.1, 0.15) is 16.5 Å². The van der Waals surface area contributed by atoms with Crippen LogP contribution in [0.3, 0.4) is 0 Å². The summed E-state index contributed by atoms with van der Waals surface area (Å²) in [6.45, 7) is 0. The van der Waals surface area contributed by atoms with E-state index >= 15 is 0 Å². The minimum absolute atomic E-state index is 0.0137. The fourth-order valence-corrected chi connectivity index (χ4v) is 5.08. The molecule has 3 aromatic carbocycles. The Morgan fingerprint density at radius 1 is 0.724 bits per heavy atom. The Hall–Kier alpha value is -1.67. The van der Waals surface area contributed by atoms with Crippen molar-refractivity contribution >= 4 is 56.5 Å². The summed E-state index contributed by atoms with van der Waals surface area (Å²) in [6, 6.07) is 11.5. The third-order valence-electron chi connectivity index (χ3n) is 4.39. The van der Waals surface area contributed by atoms with E-state index in [4.69, 9.17) is 46.4 Å². The molecule has 1 unspecified atom stereocenters. The number of aromatic hydroxyl groups is 2. The van der Waals surface area contributed by atoms with Crippen molar-refractivity contribution in [3.63, 3.8) is 0 Å². The van der Waals surface area contributed by atoms with E-state index in [2.05, 4.69) is 0 Å². The molecule has 0 radical (unpaired) electrons. The van der Waals surface area contributed by atoms with E-state index in [1.54, 1.807) is 0 Å². The normalized spacial score (nSPS) is 13.8. The van der Waals surface area contributed by atoms with Gasteiger partial charge in [-0.3, -0.25) is 4.55 Å². The number of phenols is 2. The standard InChI is InChI=1S/C19H12Cl4O5S/c20-12-3-1-10(2-4-12)19(29(26,27)28,14-9-13(21)5-6-16(14)24)11-7-15(22)18(23)17(25)8-11/h1-9,24-25H,(H,26,27,28). The summed E-state index contributed by atoms with van der Waals surface area (Å²) >= 11 is 24.0. The predicted octanol–water partition coefficient (Wildman–Crippen LogP) is 5.89. The Kier molecular flexibility index (Phi) is 5.98. The van der Waals surface area contributed by atoms with Gasteiger partial charge in [0.2, 0.25) is 0 Å². The number of halogens is 4. The molecule has 10 heteroatoms. The summed E-state index contributed by atoms with van der Waals surface area (Å²) in [5.41, 5.74) is -0.417. The van der Waals surface area contributed by atoms with Gasteiger partial charge in [-0.15, -0.1) is 0 Å². The summed E-state index contributed by atoms with van der Waals surface area (Å²) in [6.07, 6.45) is 0. The van der Waals surface area contributed by atoms with Crippen LogP contribution in [0.2, 0.25) is 20.1 Å². The van der Waals surface area contributed by atoms with Crippen molar-refractivity contribution in [3.05, 3.63) is 91.4 Å². The van der Waals surface area contributed by atoms with Crippen molar-refractivity contribution in [2.45, 2.75) is 4.75 Å². The van der Waals surface area contributed by atoms with E-state index in [0.717, 1.165) is 6.07 Å². The van der Waals surface area contributed by atoms with E-state index in [9.17, 15) is 23.2 Å². The zero-order valence-electron chi connectivity index (χ0n) is 14.3. The monoisotopic (exact) mass is 492 g/mol. The second-order valence-electron chi connectivity index (χ2n) is 6.12. The van der Waals surface area contributed by atoms with Gasteiger partial charge in [-0.25, -0.2) is 0 Å². The zero-order chi connectivity index (χ0) is 21.6. The number of rotatable bonds is 4. The Balaban J connectivity index is 2.58. The van der Waals surface area contributed by atoms with Crippen molar-refractivity contribution < 1.29 is 23.2 Å². The van der Waals surface area contributed by atoms with Gasteiger partial charge in [0.15, 0.2) is 4.75 Å². The van der Waals surface area contributed by atoms with Crippen LogP contribution in [0, 0.1) is 0 Å². The molecule has 0 fully saturated rings. The Morgan fingerprint density at radius 2 is 1.31 bits per heavy atom. The molecule has 0 spiro atoms. The molecule has 0 aliphatic rings. The SMILES string of the molecule is O=S(=O)(O)C(c1ccc(Cl)cc1)(c1cc(O)c(Cl)c(Cl)c1)c1cc(Cl)ccc1O. The Labute approximate surface area is 186 Å². The highest BCUT2D eigenvalue weighted by Crippen LogP contribution is 2.50. The van der Waals surface area contributed by atoms with Crippen LogP contribution in [-0.4, -0.2) is 23.2 Å². The summed E-state index contributed by atoms with van der Waals surface area (Å²) in [5, 5.41) is 20.7. The highest BCUT2D eigenvalue weighted by molar-refractivity contribution is 7.87. The molecule has 0 saturated heterocycles. The molecular formula is C19H12Cl4O5S. The summed E-state index contributed by atoms with van der Waals surface area (Å²) in [7, 11) is -5.06. The molecule has 0 aliphatic heterocycles. The average Bonchev–Trinajstić information content (AvgIpc) is 2.63. The molecule has 0 amide bonds. The molecule has 0 aromatic heterocycles. The minimum Gasteiger partial charge on any atom is -0.508 e. The van der Waals surface area contributed by atoms with Crippen LogP contribution in [0.5, 0.6) is 11.5 Å². The van der Waals surface area contributed by atoms with Crippen molar-refractivity contribution in [2.24, 2.45) is 0 Å². The van der Waals surface area contributed by atoms with Crippen molar-refractivity contribution in [1.29, 1.82) is 0 Å². The van der Waals surface area contributed by atoms with Gasteiger partial charge in [-0.2, -0.15) is 8.42 Å². The first-order chi connectivity index (χ1) is 13.5. The van der Waals surface area contributed by atoms with Crippen LogP contribution in [0.1, 0.15) is 16.7 Å². The van der Waals surface area contributed by atoms with E-state index in [1.807, 2.05) is 0 Å². The molecule has 0 saturated carbocycles. The highest BCUT2D eigenvalue weighted by Gasteiger charge is 2.50. The third-order valence-corrected chi connectivity index (χ3v) is 7.14. The zero-order valence-corrected chi connectivity index (χ0v) is 18.1. The molecular weight excluding hydrogens is 482 g/mol. The fraction of sp³-hybridized carbons (Fsp3) is 0.0526. The van der Waals surface area contributed by atoms with Crippen molar-refractivity contribution in [1.82, 2.24) is 0 Å². The van der Waals surface area contributed by atoms with Crippen LogP contribution in [0.4, 0.5) is 0 Å². The summed E-state index contributed by atoms with van der Waals surface area (Å²) < 4.78 is 33.9. The van der Waals surface area contributed by atoms with Crippen LogP contribution in [-0.2, 0) is 14.9 Å². The summed E-state index contributed by atoms with van der Waals surface area (Å²) in [4.78, 5) is 0. The molecule has 0 aliphatic carbocycles. The van der Waals surface area contributed by atoms with Gasteiger partial charge in [0.05, 0.1) is 5.02 Å². The summed E-state index contributed by atoms with van der Waals surface area (Å²) in [5.74, 6) is -0.981. The predicted molar refractivity (Wildman–Crippen MR) is 114 cm³/mol. The maximum atomic E-state index is 12.9. The van der Waals surface area contributed by atoms with Gasteiger partial charge < -0.3 is 10.2 Å². The lowest BCUT2D eigenvalue weighted by atomic mass is 9.83. The molecule has 0 heterocycles. The van der Waals surface area contributed by atoms with Gasteiger partial charge >= 0.3 is 0 Å². The van der Waals surface area contributed by atoms with Crippen LogP contribution in [0.25, 0.3) is 0 Å². The number of hydrogen-bond acceptors (Lipinski definition) is 4. The number of phenolic OH excluding ortho intramolecular Hbond substituents is 2. The minimum atomic E-state index is -5.06. The lowest BCUT2D eigenvalue weighted by molar-refractivity contribution is 0.439. The first-order valence-corrected chi connectivity index (χ1v) is 10.8. The number of benzene rings is 3. The van der Waals surface area contributed by atoms with Gasteiger partial charge in [-0.1, -0.05) is 58.5 Å². The first kappa shape index (κ1) is 22.0. The Bertz CT molecular complexity index is 1170. The van der Waals surface area contributed by atoms with E-state index in [1.165, 1.54) is 48.5 Å². The van der Waals surface area contributed by atoms with E-state index in [-0.39, 0.29) is 31.8 Å².